The van der Waals surface area contributed by atoms with Crippen LogP contribution in [0.1, 0.15) is 18.4 Å². The number of benzene rings is 1. The lowest BCUT2D eigenvalue weighted by Gasteiger charge is -2.13. The van der Waals surface area contributed by atoms with Gasteiger partial charge in [0.1, 0.15) is 0 Å². The second-order valence-electron chi connectivity index (χ2n) is 4.90. The molecule has 4 heteroatoms. The van der Waals surface area contributed by atoms with Crippen molar-refractivity contribution in [1.82, 2.24) is 10.3 Å². The van der Waals surface area contributed by atoms with Crippen LogP contribution in [-0.2, 0) is 15.9 Å². The first kappa shape index (κ1) is 15.0. The van der Waals surface area contributed by atoms with Gasteiger partial charge in [-0.25, -0.2) is 0 Å². The summed E-state index contributed by atoms with van der Waals surface area (Å²) in [4.78, 5) is 3.32. The Hall–Kier alpha value is -1.36. The maximum Gasteiger partial charge on any atom is 0.158 e. The summed E-state index contributed by atoms with van der Waals surface area (Å²) in [5, 5.41) is 4.76. The van der Waals surface area contributed by atoms with Gasteiger partial charge in [-0.15, -0.1) is 0 Å². The zero-order valence-electron chi connectivity index (χ0n) is 12.3. The first-order valence-corrected chi connectivity index (χ1v) is 7.16. The van der Waals surface area contributed by atoms with Gasteiger partial charge >= 0.3 is 0 Å². The quantitative estimate of drug-likeness (QED) is 0.547. The van der Waals surface area contributed by atoms with Crippen molar-refractivity contribution < 1.29 is 9.47 Å². The highest BCUT2D eigenvalue weighted by Crippen LogP contribution is 2.18. The van der Waals surface area contributed by atoms with Gasteiger partial charge in [0.05, 0.1) is 0 Å². The molecular weight excluding hydrogens is 252 g/mol. The summed E-state index contributed by atoms with van der Waals surface area (Å²) in [7, 11) is 3.34. The third-order valence-corrected chi connectivity index (χ3v) is 3.56. The molecule has 0 spiro atoms. The topological polar surface area (TPSA) is 46.3 Å². The Morgan fingerprint density at radius 2 is 1.95 bits per heavy atom. The van der Waals surface area contributed by atoms with Crippen LogP contribution in [0.2, 0.25) is 0 Å². The summed E-state index contributed by atoms with van der Waals surface area (Å²) in [6.07, 6.45) is 5.12. The monoisotopic (exact) mass is 276 g/mol. The first-order chi connectivity index (χ1) is 9.85. The molecule has 0 saturated carbocycles. The predicted octanol–water partition coefficient (Wildman–Crippen LogP) is 2.70. The molecule has 2 aromatic rings. The van der Waals surface area contributed by atoms with E-state index in [9.17, 15) is 0 Å². The van der Waals surface area contributed by atoms with E-state index >= 15 is 0 Å². The smallest absolute Gasteiger partial charge is 0.158 e. The highest BCUT2D eigenvalue weighted by Gasteiger charge is 2.04. The van der Waals surface area contributed by atoms with Crippen molar-refractivity contribution in [2.45, 2.75) is 25.6 Å². The summed E-state index contributed by atoms with van der Waals surface area (Å²) >= 11 is 0. The van der Waals surface area contributed by atoms with E-state index in [4.69, 9.17) is 9.47 Å². The van der Waals surface area contributed by atoms with E-state index in [0.717, 1.165) is 32.4 Å². The van der Waals surface area contributed by atoms with Gasteiger partial charge in [-0.05, 0) is 37.6 Å². The third kappa shape index (κ3) is 4.07. The molecule has 1 aromatic carbocycles. The fourth-order valence-corrected chi connectivity index (χ4v) is 2.42. The number of fused-ring (bicyclic) bond motifs is 1. The Balaban J connectivity index is 1.66. The Bertz CT molecular complexity index is 506. The number of rotatable bonds is 9. The molecule has 4 nitrogen and oxygen atoms in total. The van der Waals surface area contributed by atoms with E-state index in [2.05, 4.69) is 40.8 Å². The Kier molecular flexibility index (Phi) is 6.05. The van der Waals surface area contributed by atoms with Gasteiger partial charge in [0.15, 0.2) is 6.29 Å². The summed E-state index contributed by atoms with van der Waals surface area (Å²) < 4.78 is 10.3. The molecule has 0 bridgehead atoms. The molecule has 0 unspecified atom stereocenters. The van der Waals surface area contributed by atoms with Gasteiger partial charge in [-0.1, -0.05) is 18.2 Å². The SMILES string of the molecule is COC(CCNCCCc1c[nH]c2ccccc12)OC. The highest BCUT2D eigenvalue weighted by atomic mass is 16.7. The number of H-pyrrole nitrogens is 1. The van der Waals surface area contributed by atoms with Gasteiger partial charge in [0.2, 0.25) is 0 Å². The van der Waals surface area contributed by atoms with E-state index in [0.29, 0.717) is 0 Å². The van der Waals surface area contributed by atoms with Crippen LogP contribution in [0.3, 0.4) is 0 Å². The zero-order valence-corrected chi connectivity index (χ0v) is 12.3. The number of aromatic amines is 1. The second-order valence-corrected chi connectivity index (χ2v) is 4.90. The van der Waals surface area contributed by atoms with Gasteiger partial charge in [-0.2, -0.15) is 0 Å². The van der Waals surface area contributed by atoms with E-state index in [1.54, 1.807) is 14.2 Å². The molecule has 2 N–H and O–H groups in total. The van der Waals surface area contributed by atoms with Crippen molar-refractivity contribution in [2.75, 3.05) is 27.3 Å². The molecule has 0 radical (unpaired) electrons. The number of para-hydroxylation sites is 1. The molecule has 0 amide bonds. The van der Waals surface area contributed by atoms with Crippen LogP contribution in [0.25, 0.3) is 10.9 Å². The van der Waals surface area contributed by atoms with Crippen LogP contribution in [0, 0.1) is 0 Å². The summed E-state index contributed by atoms with van der Waals surface area (Å²) in [5.41, 5.74) is 2.62. The number of hydrogen-bond acceptors (Lipinski definition) is 3. The third-order valence-electron chi connectivity index (χ3n) is 3.56. The van der Waals surface area contributed by atoms with Gasteiger partial charge in [0.25, 0.3) is 0 Å². The molecule has 0 aliphatic rings. The number of methoxy groups -OCH3 is 2. The Morgan fingerprint density at radius 1 is 1.15 bits per heavy atom. The minimum Gasteiger partial charge on any atom is -0.361 e. The largest absolute Gasteiger partial charge is 0.361 e. The number of hydrogen-bond donors (Lipinski definition) is 2. The minimum absolute atomic E-state index is 0.101. The van der Waals surface area contributed by atoms with Crippen LogP contribution >= 0.6 is 0 Å². The van der Waals surface area contributed by atoms with E-state index in [1.807, 2.05) is 0 Å². The van der Waals surface area contributed by atoms with E-state index in [-0.39, 0.29) is 6.29 Å². The molecule has 0 saturated heterocycles. The fourth-order valence-electron chi connectivity index (χ4n) is 2.42. The minimum atomic E-state index is -0.101. The molecule has 0 aliphatic carbocycles. The van der Waals surface area contributed by atoms with Crippen molar-refractivity contribution in [3.8, 4) is 0 Å². The molecular formula is C16H24N2O2. The molecule has 0 atom stereocenters. The van der Waals surface area contributed by atoms with Gasteiger partial charge in [-0.3, -0.25) is 0 Å². The van der Waals surface area contributed by atoms with Crippen molar-refractivity contribution in [3.63, 3.8) is 0 Å². The van der Waals surface area contributed by atoms with Crippen LogP contribution in [0.4, 0.5) is 0 Å². The van der Waals surface area contributed by atoms with Crippen molar-refractivity contribution in [3.05, 3.63) is 36.0 Å². The lowest BCUT2D eigenvalue weighted by atomic mass is 10.1. The maximum atomic E-state index is 5.15. The standard InChI is InChI=1S/C16H24N2O2/c1-19-16(20-2)9-11-17-10-5-6-13-12-18-15-8-4-3-7-14(13)15/h3-4,7-8,12,16-18H,5-6,9-11H2,1-2H3. The van der Waals surface area contributed by atoms with E-state index < -0.39 is 0 Å². The number of nitrogens with one attached hydrogen (secondary N) is 2. The molecule has 2 rings (SSSR count). The average Bonchev–Trinajstić information content (AvgIpc) is 2.90. The lowest BCUT2D eigenvalue weighted by Crippen LogP contribution is -2.23. The molecule has 0 aliphatic heterocycles. The lowest BCUT2D eigenvalue weighted by molar-refractivity contribution is -0.105. The zero-order chi connectivity index (χ0) is 14.2. The second kappa shape index (κ2) is 8.04. The predicted molar refractivity (Wildman–Crippen MR) is 81.9 cm³/mol. The average molecular weight is 276 g/mol. The van der Waals surface area contributed by atoms with E-state index in [1.165, 1.54) is 16.5 Å². The Morgan fingerprint density at radius 3 is 2.75 bits per heavy atom. The molecule has 1 heterocycles. The Labute approximate surface area is 120 Å². The van der Waals surface area contributed by atoms with Crippen LogP contribution < -0.4 is 5.32 Å². The molecule has 1 aromatic heterocycles. The van der Waals surface area contributed by atoms with Crippen molar-refractivity contribution >= 4 is 10.9 Å². The number of ether oxygens (including phenoxy) is 2. The van der Waals surface area contributed by atoms with Crippen LogP contribution in [0.5, 0.6) is 0 Å². The van der Waals surface area contributed by atoms with Gasteiger partial charge < -0.3 is 19.8 Å². The summed E-state index contributed by atoms with van der Waals surface area (Å²) in [6.45, 7) is 1.93. The normalized spacial score (nSPS) is 11.6. The summed E-state index contributed by atoms with van der Waals surface area (Å²) in [5.74, 6) is 0. The fraction of sp³-hybridized carbons (Fsp3) is 0.500. The first-order valence-electron chi connectivity index (χ1n) is 7.16. The highest BCUT2D eigenvalue weighted by molar-refractivity contribution is 5.82. The number of aromatic nitrogens is 1. The summed E-state index contributed by atoms with van der Waals surface area (Å²) in [6, 6.07) is 8.45. The van der Waals surface area contributed by atoms with Crippen LogP contribution in [-0.4, -0.2) is 38.6 Å². The number of aryl methyl sites for hydroxylation is 1. The molecule has 20 heavy (non-hydrogen) atoms. The molecule has 110 valence electrons. The van der Waals surface area contributed by atoms with Crippen molar-refractivity contribution in [2.24, 2.45) is 0 Å². The van der Waals surface area contributed by atoms with Crippen LogP contribution in [0.15, 0.2) is 30.5 Å². The molecule has 0 fully saturated rings. The maximum absolute atomic E-state index is 5.15. The van der Waals surface area contributed by atoms with Gasteiger partial charge in [0, 0.05) is 37.7 Å². The van der Waals surface area contributed by atoms with Crippen molar-refractivity contribution in [1.29, 1.82) is 0 Å².